The van der Waals surface area contributed by atoms with Gasteiger partial charge in [0.25, 0.3) is 0 Å². The van der Waals surface area contributed by atoms with E-state index in [0.717, 1.165) is 37.1 Å². The van der Waals surface area contributed by atoms with Gasteiger partial charge in [-0.25, -0.2) is 13.1 Å². The molecule has 1 aromatic carbocycles. The van der Waals surface area contributed by atoms with Crippen LogP contribution in [0, 0.1) is 12.8 Å². The van der Waals surface area contributed by atoms with E-state index in [1.165, 1.54) is 0 Å². The van der Waals surface area contributed by atoms with E-state index in [0.29, 0.717) is 29.7 Å². The number of hydrogen-bond acceptors (Lipinski definition) is 7. The normalized spacial score (nSPS) is 18.2. The Morgan fingerprint density at radius 2 is 2.10 bits per heavy atom. The number of benzene rings is 1. The third-order valence-corrected chi connectivity index (χ3v) is 7.23. The number of hydrogen-bond donors (Lipinski definition) is 1. The molecule has 0 amide bonds. The number of sulfonamides is 1. The number of likely N-dealkylation sites (tertiary alicyclic amines) is 1. The van der Waals surface area contributed by atoms with Crippen LogP contribution >= 0.6 is 11.3 Å². The average molecular weight is 433 g/mol. The van der Waals surface area contributed by atoms with Gasteiger partial charge in [-0.1, -0.05) is 22.9 Å². The lowest BCUT2D eigenvalue weighted by atomic mass is 9.98. The van der Waals surface area contributed by atoms with E-state index in [9.17, 15) is 8.42 Å². The second-order valence-corrected chi connectivity index (χ2v) is 9.98. The molecule has 1 atom stereocenters. The molecule has 2 aromatic heterocycles. The molecule has 1 saturated heterocycles. The van der Waals surface area contributed by atoms with Crippen molar-refractivity contribution in [3.8, 4) is 11.4 Å². The topological polar surface area (TPSA) is 88.3 Å². The lowest BCUT2D eigenvalue weighted by Gasteiger charge is -2.31. The standard InChI is InChI=1S/C20H24N4O3S2/c1-15-4-6-18(7-5-15)29(25,26)21-11-16-3-2-9-24(12-16)13-19-22-20(23-27-19)17-8-10-28-14-17/h4-8,10,14,16,21H,2-3,9,11-13H2,1H3. The molecule has 1 aliphatic heterocycles. The van der Waals surface area contributed by atoms with Crippen LogP contribution in [0.1, 0.15) is 24.3 Å². The predicted molar refractivity (Wildman–Crippen MR) is 112 cm³/mol. The molecular weight excluding hydrogens is 408 g/mol. The Hall–Kier alpha value is -2.07. The van der Waals surface area contributed by atoms with Gasteiger partial charge < -0.3 is 4.52 Å². The average Bonchev–Trinajstić information content (AvgIpc) is 3.39. The third kappa shape index (κ3) is 5.11. The Labute approximate surface area is 174 Å². The lowest BCUT2D eigenvalue weighted by Crippen LogP contribution is -2.40. The third-order valence-electron chi connectivity index (χ3n) is 5.10. The minimum Gasteiger partial charge on any atom is -0.338 e. The Balaban J connectivity index is 1.32. The van der Waals surface area contributed by atoms with E-state index in [2.05, 4.69) is 19.8 Å². The van der Waals surface area contributed by atoms with Crippen LogP contribution < -0.4 is 4.72 Å². The number of aryl methyl sites for hydroxylation is 1. The van der Waals surface area contributed by atoms with Crippen LogP contribution in [0.15, 0.2) is 50.5 Å². The molecule has 9 heteroatoms. The highest BCUT2D eigenvalue weighted by Gasteiger charge is 2.24. The maximum Gasteiger partial charge on any atom is 0.241 e. The molecule has 0 radical (unpaired) electrons. The number of rotatable bonds is 7. The predicted octanol–water partition coefficient (Wildman–Crippen LogP) is 3.30. The van der Waals surface area contributed by atoms with Crippen LogP contribution in [-0.4, -0.2) is 43.1 Å². The van der Waals surface area contributed by atoms with Crippen molar-refractivity contribution in [2.75, 3.05) is 19.6 Å². The summed E-state index contributed by atoms with van der Waals surface area (Å²) in [6.45, 7) is 4.69. The molecule has 0 saturated carbocycles. The molecule has 154 valence electrons. The van der Waals surface area contributed by atoms with Crippen molar-refractivity contribution in [3.63, 3.8) is 0 Å². The smallest absolute Gasteiger partial charge is 0.241 e. The second kappa shape index (κ2) is 8.74. The summed E-state index contributed by atoms with van der Waals surface area (Å²) in [6.07, 6.45) is 2.01. The minimum absolute atomic E-state index is 0.253. The molecule has 4 rings (SSSR count). The van der Waals surface area contributed by atoms with Crippen molar-refractivity contribution >= 4 is 21.4 Å². The summed E-state index contributed by atoms with van der Waals surface area (Å²) in [5, 5.41) is 8.03. The number of thiophene rings is 1. The van der Waals surface area contributed by atoms with Gasteiger partial charge in [0.05, 0.1) is 11.4 Å². The molecule has 0 spiro atoms. The van der Waals surface area contributed by atoms with E-state index in [1.807, 2.05) is 35.9 Å². The van der Waals surface area contributed by atoms with Crippen molar-refractivity contribution in [2.24, 2.45) is 5.92 Å². The zero-order chi connectivity index (χ0) is 20.3. The SMILES string of the molecule is Cc1ccc(S(=O)(=O)NCC2CCCN(Cc3nc(-c4ccsc4)no3)C2)cc1. The first kappa shape index (κ1) is 20.2. The van der Waals surface area contributed by atoms with Crippen molar-refractivity contribution < 1.29 is 12.9 Å². The Bertz CT molecular complexity index is 1030. The van der Waals surface area contributed by atoms with E-state index in [1.54, 1.807) is 23.5 Å². The van der Waals surface area contributed by atoms with Crippen LogP contribution in [0.4, 0.5) is 0 Å². The fraction of sp³-hybridized carbons (Fsp3) is 0.400. The quantitative estimate of drug-likeness (QED) is 0.616. The molecular formula is C20H24N4O3S2. The molecule has 0 bridgehead atoms. The fourth-order valence-corrected chi connectivity index (χ4v) is 5.26. The first-order valence-electron chi connectivity index (χ1n) is 9.63. The number of aromatic nitrogens is 2. The molecule has 1 fully saturated rings. The molecule has 29 heavy (non-hydrogen) atoms. The van der Waals surface area contributed by atoms with Crippen molar-refractivity contribution in [2.45, 2.75) is 31.2 Å². The summed E-state index contributed by atoms with van der Waals surface area (Å²) in [6, 6.07) is 8.88. The molecule has 1 N–H and O–H groups in total. The van der Waals surface area contributed by atoms with Gasteiger partial charge in [0.1, 0.15) is 0 Å². The van der Waals surface area contributed by atoms with Crippen molar-refractivity contribution in [1.29, 1.82) is 0 Å². The maximum absolute atomic E-state index is 12.5. The first-order chi connectivity index (χ1) is 14.0. The summed E-state index contributed by atoms with van der Waals surface area (Å²) in [4.78, 5) is 7.04. The molecule has 7 nitrogen and oxygen atoms in total. The highest BCUT2D eigenvalue weighted by atomic mass is 32.2. The van der Waals surface area contributed by atoms with Gasteiger partial charge >= 0.3 is 0 Å². The monoisotopic (exact) mass is 432 g/mol. The molecule has 0 aliphatic carbocycles. The van der Waals surface area contributed by atoms with Crippen LogP contribution in [0.2, 0.25) is 0 Å². The summed E-state index contributed by atoms with van der Waals surface area (Å²) in [7, 11) is -3.48. The van der Waals surface area contributed by atoms with Gasteiger partial charge in [0.2, 0.25) is 21.7 Å². The van der Waals surface area contributed by atoms with Crippen molar-refractivity contribution in [3.05, 3.63) is 52.5 Å². The van der Waals surface area contributed by atoms with Crippen molar-refractivity contribution in [1.82, 2.24) is 19.8 Å². The zero-order valence-corrected chi connectivity index (χ0v) is 17.9. The van der Waals surface area contributed by atoms with E-state index < -0.39 is 10.0 Å². The first-order valence-corrected chi connectivity index (χ1v) is 12.1. The largest absolute Gasteiger partial charge is 0.338 e. The van der Waals surface area contributed by atoms with Gasteiger partial charge in [0, 0.05) is 24.0 Å². The Morgan fingerprint density at radius 1 is 1.28 bits per heavy atom. The van der Waals surface area contributed by atoms with Gasteiger partial charge in [0.15, 0.2) is 0 Å². The number of piperidine rings is 1. The Kier molecular flexibility index (Phi) is 6.09. The van der Waals surface area contributed by atoms with Crippen LogP contribution in [-0.2, 0) is 16.6 Å². The van der Waals surface area contributed by atoms with Gasteiger partial charge in [-0.15, -0.1) is 0 Å². The molecule has 3 aromatic rings. The summed E-state index contributed by atoms with van der Waals surface area (Å²) >= 11 is 1.60. The van der Waals surface area contributed by atoms with E-state index in [4.69, 9.17) is 4.52 Å². The lowest BCUT2D eigenvalue weighted by molar-refractivity contribution is 0.151. The molecule has 1 aliphatic rings. The van der Waals surface area contributed by atoms with Gasteiger partial charge in [-0.2, -0.15) is 16.3 Å². The highest BCUT2D eigenvalue weighted by molar-refractivity contribution is 7.89. The van der Waals surface area contributed by atoms with E-state index in [-0.39, 0.29) is 5.92 Å². The molecule has 3 heterocycles. The number of nitrogens with zero attached hydrogens (tertiary/aromatic N) is 3. The van der Waals surface area contributed by atoms with Crippen LogP contribution in [0.3, 0.4) is 0 Å². The maximum atomic E-state index is 12.5. The van der Waals surface area contributed by atoms with Crippen LogP contribution in [0.5, 0.6) is 0 Å². The number of nitrogens with one attached hydrogen (secondary N) is 1. The minimum atomic E-state index is -3.48. The Morgan fingerprint density at radius 3 is 2.86 bits per heavy atom. The van der Waals surface area contributed by atoms with E-state index >= 15 is 0 Å². The summed E-state index contributed by atoms with van der Waals surface area (Å²) in [5.41, 5.74) is 2.00. The van der Waals surface area contributed by atoms with Crippen LogP contribution in [0.25, 0.3) is 11.4 Å². The fourth-order valence-electron chi connectivity index (χ4n) is 3.51. The second-order valence-electron chi connectivity index (χ2n) is 7.43. The van der Waals surface area contributed by atoms with Gasteiger partial charge in [-0.05, 0) is 55.8 Å². The molecule has 1 unspecified atom stereocenters. The highest BCUT2D eigenvalue weighted by Crippen LogP contribution is 2.21. The summed E-state index contributed by atoms with van der Waals surface area (Å²) < 4.78 is 33.2. The zero-order valence-electron chi connectivity index (χ0n) is 16.2. The van der Waals surface area contributed by atoms with Gasteiger partial charge in [-0.3, -0.25) is 4.90 Å². The summed E-state index contributed by atoms with van der Waals surface area (Å²) in [5.74, 6) is 1.45.